The first-order valence-electron chi connectivity index (χ1n) is 11.0. The normalized spacial score (nSPS) is 16.1. The van der Waals surface area contributed by atoms with Crippen LogP contribution < -0.4 is 14.9 Å². The molecule has 1 aromatic heterocycles. The highest BCUT2D eigenvalue weighted by Crippen LogP contribution is 2.38. The molecule has 0 aliphatic heterocycles. The van der Waals surface area contributed by atoms with Crippen LogP contribution in [0.3, 0.4) is 0 Å². The van der Waals surface area contributed by atoms with Gasteiger partial charge in [0.05, 0.1) is 20.5 Å². The lowest BCUT2D eigenvalue weighted by atomic mass is 9.87. The topological polar surface area (TPSA) is 62.4 Å². The smallest absolute Gasteiger partial charge is 0.164 e. The molecule has 0 saturated carbocycles. The van der Waals surface area contributed by atoms with Crippen LogP contribution in [0.15, 0.2) is 24.7 Å². The van der Waals surface area contributed by atoms with E-state index in [-0.39, 0.29) is 0 Å². The zero-order valence-corrected chi connectivity index (χ0v) is 18.2. The number of benzene rings is 1. The van der Waals surface area contributed by atoms with Gasteiger partial charge in [0.15, 0.2) is 11.5 Å². The number of aromatic amines is 1. The Kier molecular flexibility index (Phi) is 8.38. The van der Waals surface area contributed by atoms with E-state index in [1.165, 1.54) is 42.5 Å². The Morgan fingerprint density at radius 2 is 2.10 bits per heavy atom. The highest BCUT2D eigenvalue weighted by molar-refractivity contribution is 5.52. The van der Waals surface area contributed by atoms with Crippen LogP contribution in [0.25, 0.3) is 0 Å². The fourth-order valence-electron chi connectivity index (χ4n) is 4.29. The van der Waals surface area contributed by atoms with E-state index in [1.807, 2.05) is 12.3 Å². The van der Waals surface area contributed by atoms with E-state index in [0.29, 0.717) is 6.04 Å². The molecule has 1 heterocycles. The van der Waals surface area contributed by atoms with Crippen molar-refractivity contribution >= 4 is 0 Å². The third kappa shape index (κ3) is 5.73. The minimum absolute atomic E-state index is 0.504. The summed E-state index contributed by atoms with van der Waals surface area (Å²) in [5, 5.41) is 2.49. The van der Waals surface area contributed by atoms with Crippen molar-refractivity contribution in [2.75, 3.05) is 27.3 Å². The third-order valence-electron chi connectivity index (χ3n) is 5.89. The van der Waals surface area contributed by atoms with Crippen LogP contribution in [-0.2, 0) is 19.3 Å². The van der Waals surface area contributed by atoms with Gasteiger partial charge in [0.2, 0.25) is 0 Å². The average molecular weight is 401 g/mol. The quantitative estimate of drug-likeness (QED) is 0.418. The van der Waals surface area contributed by atoms with Crippen molar-refractivity contribution in [2.24, 2.45) is 0 Å². The number of rotatable bonds is 12. The Hall–Kier alpha value is -2.05. The number of unbranched alkanes of at least 4 members (excludes halogenated alkanes) is 3. The Balaban J connectivity index is 1.65. The van der Waals surface area contributed by atoms with Gasteiger partial charge in [0.25, 0.3) is 0 Å². The molecule has 3 rings (SSSR count). The fourth-order valence-corrected chi connectivity index (χ4v) is 4.29. The summed E-state index contributed by atoms with van der Waals surface area (Å²) in [5.74, 6) is 1.74. The predicted octanol–water partition coefficient (Wildman–Crippen LogP) is 3.91. The van der Waals surface area contributed by atoms with Gasteiger partial charge in [-0.3, -0.25) is 5.43 Å². The van der Waals surface area contributed by atoms with Gasteiger partial charge in [-0.25, -0.2) is 9.99 Å². The number of nitrogens with one attached hydrogen (secondary N) is 2. The van der Waals surface area contributed by atoms with Crippen LogP contribution in [0.4, 0.5) is 0 Å². The maximum atomic E-state index is 5.66. The molecule has 1 aromatic carbocycles. The van der Waals surface area contributed by atoms with E-state index in [9.17, 15) is 0 Å². The molecule has 0 spiro atoms. The van der Waals surface area contributed by atoms with E-state index in [2.05, 4.69) is 33.4 Å². The first kappa shape index (κ1) is 21.7. The SMILES string of the molecule is CCCCCCN(NCCc1cnc[nH]1)C1CCc2c(ccc(OC)c2OC)C1. The summed E-state index contributed by atoms with van der Waals surface area (Å²) < 4.78 is 11.2. The van der Waals surface area contributed by atoms with Crippen molar-refractivity contribution in [1.29, 1.82) is 0 Å². The molecule has 1 aliphatic rings. The van der Waals surface area contributed by atoms with Gasteiger partial charge in [0.1, 0.15) is 0 Å². The summed E-state index contributed by atoms with van der Waals surface area (Å²) in [6.45, 7) is 4.28. The number of hydrogen-bond donors (Lipinski definition) is 2. The number of methoxy groups -OCH3 is 2. The maximum absolute atomic E-state index is 5.66. The monoisotopic (exact) mass is 400 g/mol. The minimum atomic E-state index is 0.504. The molecule has 6 heteroatoms. The van der Waals surface area contributed by atoms with E-state index in [4.69, 9.17) is 9.47 Å². The number of imidazole rings is 1. The largest absolute Gasteiger partial charge is 0.493 e. The van der Waals surface area contributed by atoms with Crippen LogP contribution in [0.5, 0.6) is 11.5 Å². The first-order valence-corrected chi connectivity index (χ1v) is 11.0. The summed E-state index contributed by atoms with van der Waals surface area (Å²) in [4.78, 5) is 7.31. The van der Waals surface area contributed by atoms with Gasteiger partial charge in [0, 0.05) is 43.0 Å². The molecule has 0 radical (unpaired) electrons. The second-order valence-electron chi connectivity index (χ2n) is 7.82. The summed E-state index contributed by atoms with van der Waals surface area (Å²) in [5.41, 5.74) is 7.59. The van der Waals surface area contributed by atoms with E-state index in [0.717, 1.165) is 50.3 Å². The number of hydrogen-bond acceptors (Lipinski definition) is 5. The number of H-pyrrole nitrogens is 1. The molecule has 2 N–H and O–H groups in total. The lowest BCUT2D eigenvalue weighted by Crippen LogP contribution is -2.49. The fraction of sp³-hybridized carbons (Fsp3) is 0.609. The zero-order chi connectivity index (χ0) is 20.5. The molecule has 2 aromatic rings. The average Bonchev–Trinajstić information content (AvgIpc) is 3.27. The summed E-state index contributed by atoms with van der Waals surface area (Å²) >= 11 is 0. The summed E-state index contributed by atoms with van der Waals surface area (Å²) in [6, 6.07) is 4.75. The van der Waals surface area contributed by atoms with Crippen molar-refractivity contribution in [2.45, 2.75) is 64.3 Å². The van der Waals surface area contributed by atoms with Crippen LogP contribution in [0, 0.1) is 0 Å². The van der Waals surface area contributed by atoms with Gasteiger partial charge >= 0.3 is 0 Å². The van der Waals surface area contributed by atoms with Gasteiger partial charge < -0.3 is 14.5 Å². The molecule has 1 atom stereocenters. The molecular weight excluding hydrogens is 364 g/mol. The van der Waals surface area contributed by atoms with Crippen molar-refractivity contribution in [3.05, 3.63) is 41.5 Å². The molecule has 0 saturated heterocycles. The molecule has 6 nitrogen and oxygen atoms in total. The Morgan fingerprint density at radius 3 is 2.83 bits per heavy atom. The molecule has 1 unspecified atom stereocenters. The van der Waals surface area contributed by atoms with Gasteiger partial charge in [-0.1, -0.05) is 32.3 Å². The molecule has 0 fully saturated rings. The second kappa shape index (κ2) is 11.2. The third-order valence-corrected chi connectivity index (χ3v) is 5.89. The Labute approximate surface area is 175 Å². The zero-order valence-electron chi connectivity index (χ0n) is 18.2. The second-order valence-corrected chi connectivity index (χ2v) is 7.82. The van der Waals surface area contributed by atoms with E-state index >= 15 is 0 Å². The molecule has 0 amide bonds. The molecule has 1 aliphatic carbocycles. The van der Waals surface area contributed by atoms with Crippen molar-refractivity contribution in [3.8, 4) is 11.5 Å². The number of aromatic nitrogens is 2. The summed E-state index contributed by atoms with van der Waals surface area (Å²) in [7, 11) is 3.44. The van der Waals surface area contributed by atoms with Gasteiger partial charge in [-0.15, -0.1) is 0 Å². The first-order chi connectivity index (χ1) is 14.3. The Morgan fingerprint density at radius 1 is 1.21 bits per heavy atom. The van der Waals surface area contributed by atoms with Crippen molar-refractivity contribution in [1.82, 2.24) is 20.4 Å². The molecule has 0 bridgehead atoms. The van der Waals surface area contributed by atoms with Gasteiger partial charge in [-0.05, 0) is 37.3 Å². The highest BCUT2D eigenvalue weighted by atomic mass is 16.5. The number of fused-ring (bicyclic) bond motifs is 1. The van der Waals surface area contributed by atoms with Crippen molar-refractivity contribution < 1.29 is 9.47 Å². The number of nitrogens with zero attached hydrogens (tertiary/aromatic N) is 2. The van der Waals surface area contributed by atoms with Gasteiger partial charge in [-0.2, -0.15) is 0 Å². The number of ether oxygens (including phenoxy) is 2. The summed E-state index contributed by atoms with van der Waals surface area (Å²) in [6.07, 6.45) is 12.9. The van der Waals surface area contributed by atoms with Crippen LogP contribution in [0.1, 0.15) is 55.8 Å². The highest BCUT2D eigenvalue weighted by Gasteiger charge is 2.27. The van der Waals surface area contributed by atoms with Crippen LogP contribution >= 0.6 is 0 Å². The van der Waals surface area contributed by atoms with Crippen molar-refractivity contribution in [3.63, 3.8) is 0 Å². The Bertz CT molecular complexity index is 733. The van der Waals surface area contributed by atoms with Crippen LogP contribution in [-0.4, -0.2) is 48.3 Å². The van der Waals surface area contributed by atoms with Crippen LogP contribution in [0.2, 0.25) is 0 Å². The minimum Gasteiger partial charge on any atom is -0.493 e. The lowest BCUT2D eigenvalue weighted by Gasteiger charge is -2.36. The predicted molar refractivity (Wildman–Crippen MR) is 117 cm³/mol. The molecule has 29 heavy (non-hydrogen) atoms. The van der Waals surface area contributed by atoms with E-state index < -0.39 is 0 Å². The maximum Gasteiger partial charge on any atom is 0.164 e. The molecule has 160 valence electrons. The standard InChI is InChI=1S/C23H36N4O2/c1-4-5-6-7-14-27(26-13-12-19-16-24-17-25-19)20-9-10-21-18(15-20)8-11-22(28-2)23(21)29-3/h8,11,16-17,20,26H,4-7,9-10,12-15H2,1-3H3,(H,24,25). The number of hydrazine groups is 1. The molecular formula is C23H36N4O2. The van der Waals surface area contributed by atoms with E-state index in [1.54, 1.807) is 20.5 Å². The lowest BCUT2D eigenvalue weighted by molar-refractivity contribution is 0.109.